The number of carboxylic acids is 1. The minimum absolute atomic E-state index is 0.0660. The Bertz CT molecular complexity index is 374. The molecule has 0 aromatic rings. The summed E-state index contributed by atoms with van der Waals surface area (Å²) in [5.74, 6) is -0.572. The summed E-state index contributed by atoms with van der Waals surface area (Å²) in [5, 5.41) is 18.7. The zero-order valence-electron chi connectivity index (χ0n) is 12.2. The Morgan fingerprint density at radius 3 is 2.45 bits per heavy atom. The number of carbonyl (C=O) groups is 2. The quantitative estimate of drug-likeness (QED) is 0.804. The van der Waals surface area contributed by atoms with Gasteiger partial charge in [-0.15, -0.1) is 0 Å². The van der Waals surface area contributed by atoms with Gasteiger partial charge in [0.25, 0.3) is 0 Å². The molecule has 0 aromatic carbocycles. The maximum atomic E-state index is 12.4. The van der Waals surface area contributed by atoms with Crippen LogP contribution in [0.2, 0.25) is 0 Å². The van der Waals surface area contributed by atoms with E-state index >= 15 is 0 Å². The van der Waals surface area contributed by atoms with Crippen molar-refractivity contribution in [3.63, 3.8) is 0 Å². The lowest BCUT2D eigenvalue weighted by molar-refractivity contribution is -0.141. The fraction of sp³-hybridized carbons (Fsp3) is 0.867. The first-order valence-electron chi connectivity index (χ1n) is 7.59. The molecule has 1 heterocycles. The van der Waals surface area contributed by atoms with Gasteiger partial charge in [-0.05, 0) is 31.6 Å². The van der Waals surface area contributed by atoms with Crippen LogP contribution in [-0.2, 0) is 9.59 Å². The van der Waals surface area contributed by atoms with Crippen molar-refractivity contribution in [2.24, 2.45) is 11.3 Å². The van der Waals surface area contributed by atoms with E-state index in [1.165, 1.54) is 0 Å². The topological polar surface area (TPSA) is 77.8 Å². The Morgan fingerprint density at radius 1 is 1.30 bits per heavy atom. The second kappa shape index (κ2) is 6.12. The summed E-state index contributed by atoms with van der Waals surface area (Å²) >= 11 is 0. The Labute approximate surface area is 120 Å². The SMILES string of the molecule is CC(O)C1CCN(C(=O)CC2(CC(=O)O)CCCC2)C1. The van der Waals surface area contributed by atoms with Crippen LogP contribution in [0.1, 0.15) is 51.9 Å². The molecule has 2 N–H and O–H groups in total. The number of aliphatic hydroxyl groups is 1. The smallest absolute Gasteiger partial charge is 0.303 e. The normalized spacial score (nSPS) is 26.7. The number of nitrogens with zero attached hydrogens (tertiary/aromatic N) is 1. The first-order chi connectivity index (χ1) is 9.42. The van der Waals surface area contributed by atoms with Crippen LogP contribution in [0.25, 0.3) is 0 Å². The number of rotatable bonds is 5. The largest absolute Gasteiger partial charge is 0.481 e. The second-order valence-corrected chi connectivity index (χ2v) is 6.58. The highest BCUT2D eigenvalue weighted by Gasteiger charge is 2.40. The van der Waals surface area contributed by atoms with Crippen LogP contribution in [0, 0.1) is 11.3 Å². The third-order valence-corrected chi connectivity index (χ3v) is 4.98. The minimum Gasteiger partial charge on any atom is -0.481 e. The van der Waals surface area contributed by atoms with Crippen LogP contribution in [0.5, 0.6) is 0 Å². The number of amides is 1. The third-order valence-electron chi connectivity index (χ3n) is 4.98. The monoisotopic (exact) mass is 283 g/mol. The van der Waals surface area contributed by atoms with Crippen molar-refractivity contribution in [1.82, 2.24) is 4.90 Å². The molecule has 2 atom stereocenters. The van der Waals surface area contributed by atoms with Gasteiger partial charge in [0, 0.05) is 25.4 Å². The lowest BCUT2D eigenvalue weighted by atomic mass is 9.79. The highest BCUT2D eigenvalue weighted by Crippen LogP contribution is 2.44. The lowest BCUT2D eigenvalue weighted by Crippen LogP contribution is -2.35. The van der Waals surface area contributed by atoms with Crippen LogP contribution >= 0.6 is 0 Å². The van der Waals surface area contributed by atoms with Crippen molar-refractivity contribution in [2.75, 3.05) is 13.1 Å². The van der Waals surface area contributed by atoms with Crippen molar-refractivity contribution in [3.8, 4) is 0 Å². The molecule has 0 radical (unpaired) electrons. The number of carbonyl (C=O) groups excluding carboxylic acids is 1. The van der Waals surface area contributed by atoms with Gasteiger partial charge in [0.05, 0.1) is 12.5 Å². The highest BCUT2D eigenvalue weighted by atomic mass is 16.4. The van der Waals surface area contributed by atoms with Crippen molar-refractivity contribution < 1.29 is 19.8 Å². The molecule has 114 valence electrons. The summed E-state index contributed by atoms with van der Waals surface area (Å²) in [5.41, 5.74) is -0.328. The summed E-state index contributed by atoms with van der Waals surface area (Å²) < 4.78 is 0. The summed E-state index contributed by atoms with van der Waals surface area (Å²) in [4.78, 5) is 25.3. The van der Waals surface area contributed by atoms with E-state index in [4.69, 9.17) is 5.11 Å². The molecular weight excluding hydrogens is 258 g/mol. The molecular formula is C15H25NO4. The van der Waals surface area contributed by atoms with E-state index in [-0.39, 0.29) is 29.8 Å². The number of hydrogen-bond acceptors (Lipinski definition) is 3. The van der Waals surface area contributed by atoms with E-state index in [2.05, 4.69) is 0 Å². The average molecular weight is 283 g/mol. The van der Waals surface area contributed by atoms with Crippen molar-refractivity contribution in [1.29, 1.82) is 0 Å². The van der Waals surface area contributed by atoms with Gasteiger partial charge >= 0.3 is 5.97 Å². The van der Waals surface area contributed by atoms with Gasteiger partial charge in [-0.25, -0.2) is 0 Å². The molecule has 0 bridgehead atoms. The minimum atomic E-state index is -0.803. The Morgan fingerprint density at radius 2 is 1.95 bits per heavy atom. The molecule has 1 aliphatic heterocycles. The summed E-state index contributed by atoms with van der Waals surface area (Å²) in [6, 6.07) is 0. The Hall–Kier alpha value is -1.10. The van der Waals surface area contributed by atoms with Crippen LogP contribution in [0.4, 0.5) is 0 Å². The average Bonchev–Trinajstić information content (AvgIpc) is 2.96. The van der Waals surface area contributed by atoms with Crippen molar-refractivity contribution >= 4 is 11.9 Å². The number of hydrogen-bond donors (Lipinski definition) is 2. The zero-order valence-corrected chi connectivity index (χ0v) is 12.2. The Balaban J connectivity index is 1.94. The fourth-order valence-electron chi connectivity index (χ4n) is 3.70. The molecule has 1 aliphatic carbocycles. The predicted molar refractivity (Wildman–Crippen MR) is 74.1 cm³/mol. The maximum Gasteiger partial charge on any atom is 0.303 e. The second-order valence-electron chi connectivity index (χ2n) is 6.58. The zero-order chi connectivity index (χ0) is 14.8. The molecule has 0 aromatic heterocycles. The maximum absolute atomic E-state index is 12.4. The molecule has 2 unspecified atom stereocenters. The molecule has 0 spiro atoms. The molecule has 2 aliphatic rings. The van der Waals surface area contributed by atoms with Crippen LogP contribution < -0.4 is 0 Å². The van der Waals surface area contributed by atoms with Crippen LogP contribution in [-0.4, -0.2) is 46.2 Å². The first kappa shape index (κ1) is 15.3. The third kappa shape index (κ3) is 3.51. The van der Waals surface area contributed by atoms with Crippen molar-refractivity contribution in [2.45, 2.75) is 58.0 Å². The molecule has 5 nitrogen and oxygen atoms in total. The van der Waals surface area contributed by atoms with Gasteiger partial charge in [-0.3, -0.25) is 9.59 Å². The number of aliphatic hydroxyl groups excluding tert-OH is 1. The molecule has 20 heavy (non-hydrogen) atoms. The summed E-state index contributed by atoms with van der Waals surface area (Å²) in [6.07, 6.45) is 4.66. The van der Waals surface area contributed by atoms with E-state index in [1.54, 1.807) is 11.8 Å². The summed E-state index contributed by atoms with van der Waals surface area (Å²) in [6.45, 7) is 3.07. The van der Waals surface area contributed by atoms with Gasteiger partial charge in [-0.1, -0.05) is 12.8 Å². The number of carboxylic acid groups (broad SMARTS) is 1. The molecule has 2 rings (SSSR count). The predicted octanol–water partition coefficient (Wildman–Crippen LogP) is 1.64. The van der Waals surface area contributed by atoms with E-state index in [0.29, 0.717) is 19.5 Å². The lowest BCUT2D eigenvalue weighted by Gasteiger charge is -2.29. The van der Waals surface area contributed by atoms with Gasteiger partial charge < -0.3 is 15.1 Å². The number of likely N-dealkylation sites (tertiary alicyclic amines) is 1. The molecule has 2 fully saturated rings. The van der Waals surface area contributed by atoms with E-state index < -0.39 is 5.97 Å². The molecule has 5 heteroatoms. The summed E-state index contributed by atoms with van der Waals surface area (Å²) in [7, 11) is 0. The van der Waals surface area contributed by atoms with Gasteiger partial charge in [0.1, 0.15) is 0 Å². The first-order valence-corrected chi connectivity index (χ1v) is 7.59. The highest BCUT2D eigenvalue weighted by molar-refractivity contribution is 5.78. The van der Waals surface area contributed by atoms with Gasteiger partial charge in [0.15, 0.2) is 0 Å². The number of aliphatic carboxylic acids is 1. The van der Waals surface area contributed by atoms with Crippen LogP contribution in [0.3, 0.4) is 0 Å². The molecule has 1 saturated heterocycles. The standard InChI is InChI=1S/C15H25NO4/c1-11(17)12-4-7-16(10-12)13(18)8-15(9-14(19)20)5-2-3-6-15/h11-12,17H,2-10H2,1H3,(H,19,20). The molecule has 1 saturated carbocycles. The van der Waals surface area contributed by atoms with Gasteiger partial charge in [0.2, 0.25) is 5.91 Å². The fourth-order valence-corrected chi connectivity index (χ4v) is 3.70. The Kier molecular flexibility index (Phi) is 4.68. The van der Waals surface area contributed by atoms with Gasteiger partial charge in [-0.2, -0.15) is 0 Å². The van der Waals surface area contributed by atoms with E-state index in [0.717, 1.165) is 32.1 Å². The van der Waals surface area contributed by atoms with E-state index in [1.807, 2.05) is 0 Å². The van der Waals surface area contributed by atoms with Crippen molar-refractivity contribution in [3.05, 3.63) is 0 Å². The molecule has 1 amide bonds. The van der Waals surface area contributed by atoms with E-state index in [9.17, 15) is 14.7 Å². The van der Waals surface area contributed by atoms with Crippen LogP contribution in [0.15, 0.2) is 0 Å².